The van der Waals surface area contributed by atoms with E-state index in [0.29, 0.717) is 16.5 Å². The van der Waals surface area contributed by atoms with Crippen LogP contribution in [0.2, 0.25) is 5.02 Å². The number of nitrogens with zero attached hydrogens (tertiary/aromatic N) is 3. The van der Waals surface area contributed by atoms with Gasteiger partial charge in [0.05, 0.1) is 12.5 Å². The van der Waals surface area contributed by atoms with Gasteiger partial charge in [0.1, 0.15) is 11.3 Å². The highest BCUT2D eigenvalue weighted by Crippen LogP contribution is 2.25. The highest BCUT2D eigenvalue weighted by molar-refractivity contribution is 6.31. The Labute approximate surface area is 190 Å². The summed E-state index contributed by atoms with van der Waals surface area (Å²) >= 11 is 6.07. The van der Waals surface area contributed by atoms with E-state index in [1.165, 1.54) is 17.2 Å². The quantitative estimate of drug-likeness (QED) is 0.452. The number of benzene rings is 2. The lowest BCUT2D eigenvalue weighted by Gasteiger charge is -2.22. The fourth-order valence-corrected chi connectivity index (χ4v) is 2.98. The van der Waals surface area contributed by atoms with Gasteiger partial charge in [-0.15, -0.1) is 0 Å². The molecule has 0 aliphatic heterocycles. The molecule has 0 unspecified atom stereocenters. The number of para-hydroxylation sites is 1. The van der Waals surface area contributed by atoms with E-state index < -0.39 is 18.5 Å². The van der Waals surface area contributed by atoms with Gasteiger partial charge in [0.15, 0.2) is 6.61 Å². The Morgan fingerprint density at radius 3 is 2.62 bits per heavy atom. The fraction of sp³-hybridized carbons (Fsp3) is 0.167. The maximum Gasteiger partial charge on any atom is 0.344 e. The molecule has 7 nitrogen and oxygen atoms in total. The average molecular weight is 450 g/mol. The summed E-state index contributed by atoms with van der Waals surface area (Å²) in [5, 5.41) is 9.51. The third kappa shape index (κ3) is 5.84. The summed E-state index contributed by atoms with van der Waals surface area (Å²) in [4.78, 5) is 31.0. The van der Waals surface area contributed by atoms with E-state index in [0.717, 1.165) is 5.56 Å². The molecule has 1 aromatic heterocycles. The van der Waals surface area contributed by atoms with Crippen LogP contribution >= 0.6 is 11.6 Å². The van der Waals surface area contributed by atoms with Gasteiger partial charge in [0.2, 0.25) is 5.88 Å². The summed E-state index contributed by atoms with van der Waals surface area (Å²) in [6.45, 7) is 1.46. The first-order valence-electron chi connectivity index (χ1n) is 9.78. The van der Waals surface area contributed by atoms with Crippen molar-refractivity contribution in [3.8, 4) is 17.7 Å². The number of carbonyl (C=O) groups excluding carboxylic acids is 2. The number of nitriles is 1. The van der Waals surface area contributed by atoms with Gasteiger partial charge in [0, 0.05) is 23.5 Å². The van der Waals surface area contributed by atoms with Crippen LogP contribution in [0.1, 0.15) is 22.3 Å². The lowest BCUT2D eigenvalue weighted by molar-refractivity contribution is -0.121. The van der Waals surface area contributed by atoms with Crippen LogP contribution in [0.5, 0.6) is 11.6 Å². The van der Waals surface area contributed by atoms with Crippen LogP contribution in [0.25, 0.3) is 0 Å². The van der Waals surface area contributed by atoms with Gasteiger partial charge in [-0.05, 0) is 55.0 Å². The van der Waals surface area contributed by atoms with Crippen molar-refractivity contribution >= 4 is 29.2 Å². The monoisotopic (exact) mass is 449 g/mol. The Morgan fingerprint density at radius 2 is 1.91 bits per heavy atom. The van der Waals surface area contributed by atoms with E-state index in [-0.39, 0.29) is 24.4 Å². The molecule has 162 valence electrons. The molecule has 32 heavy (non-hydrogen) atoms. The Bertz CT molecular complexity index is 1150. The Morgan fingerprint density at radius 1 is 1.12 bits per heavy atom. The van der Waals surface area contributed by atoms with Crippen LogP contribution in [0.3, 0.4) is 0 Å². The molecule has 0 aliphatic carbocycles. The van der Waals surface area contributed by atoms with Crippen molar-refractivity contribution in [3.63, 3.8) is 0 Å². The van der Waals surface area contributed by atoms with Crippen LogP contribution in [0, 0.1) is 18.3 Å². The van der Waals surface area contributed by atoms with E-state index >= 15 is 0 Å². The molecule has 2 aromatic carbocycles. The Balaban J connectivity index is 1.72. The summed E-state index contributed by atoms with van der Waals surface area (Å²) in [6.07, 6.45) is 1.62. The van der Waals surface area contributed by atoms with Crippen molar-refractivity contribution in [3.05, 3.63) is 83.0 Å². The predicted molar refractivity (Wildman–Crippen MR) is 120 cm³/mol. The number of pyridine rings is 1. The number of ether oxygens (including phenoxy) is 2. The summed E-state index contributed by atoms with van der Waals surface area (Å²) in [5.74, 6) is -0.627. The molecule has 0 aliphatic rings. The zero-order valence-electron chi connectivity index (χ0n) is 17.3. The normalized spacial score (nSPS) is 10.2. The lowest BCUT2D eigenvalue weighted by atomic mass is 10.2. The first-order chi connectivity index (χ1) is 15.5. The number of esters is 1. The molecule has 0 fully saturated rings. The molecule has 0 radical (unpaired) electrons. The molecule has 3 aromatic rings. The van der Waals surface area contributed by atoms with Gasteiger partial charge in [-0.2, -0.15) is 5.26 Å². The molecule has 8 heteroatoms. The van der Waals surface area contributed by atoms with Gasteiger partial charge >= 0.3 is 5.97 Å². The number of anilines is 1. The maximum absolute atomic E-state index is 12.8. The van der Waals surface area contributed by atoms with Crippen molar-refractivity contribution in [2.45, 2.75) is 13.3 Å². The van der Waals surface area contributed by atoms with Gasteiger partial charge in [0.25, 0.3) is 5.91 Å². The van der Waals surface area contributed by atoms with Gasteiger partial charge in [-0.3, -0.25) is 4.79 Å². The van der Waals surface area contributed by atoms with Crippen LogP contribution < -0.4 is 9.64 Å². The SMILES string of the molecule is Cc1cc(N(CCC#N)C(=O)COC(=O)c2cccnc2Oc2ccccc2)ccc1Cl. The molecule has 0 saturated heterocycles. The zero-order chi connectivity index (χ0) is 22.9. The molecule has 0 N–H and O–H groups in total. The highest BCUT2D eigenvalue weighted by Gasteiger charge is 2.21. The topological polar surface area (TPSA) is 92.5 Å². The van der Waals surface area contributed by atoms with Crippen molar-refractivity contribution < 1.29 is 19.1 Å². The number of halogens is 1. The molecular weight excluding hydrogens is 430 g/mol. The lowest BCUT2D eigenvalue weighted by Crippen LogP contribution is -2.35. The molecule has 1 heterocycles. The number of aromatic nitrogens is 1. The third-order valence-corrected chi connectivity index (χ3v) is 4.90. The number of hydrogen-bond donors (Lipinski definition) is 0. The minimum atomic E-state index is -0.745. The number of rotatable bonds is 8. The van der Waals surface area contributed by atoms with E-state index in [1.807, 2.05) is 19.1 Å². The Hall–Kier alpha value is -3.89. The van der Waals surface area contributed by atoms with Gasteiger partial charge in [-0.25, -0.2) is 9.78 Å². The summed E-state index contributed by atoms with van der Waals surface area (Å²) in [5.41, 5.74) is 1.45. The van der Waals surface area contributed by atoms with Crippen molar-refractivity contribution in [1.82, 2.24) is 4.98 Å². The van der Waals surface area contributed by atoms with Crippen LogP contribution in [-0.2, 0) is 9.53 Å². The molecule has 0 atom stereocenters. The van der Waals surface area contributed by atoms with E-state index in [4.69, 9.17) is 26.3 Å². The van der Waals surface area contributed by atoms with Crippen molar-refractivity contribution in [2.75, 3.05) is 18.1 Å². The number of carbonyl (C=O) groups is 2. The first-order valence-corrected chi connectivity index (χ1v) is 10.2. The van der Waals surface area contributed by atoms with E-state index in [2.05, 4.69) is 4.98 Å². The van der Waals surface area contributed by atoms with E-state index in [9.17, 15) is 9.59 Å². The molecule has 0 bridgehead atoms. The molecule has 0 saturated carbocycles. The van der Waals surface area contributed by atoms with Crippen LogP contribution in [0.15, 0.2) is 66.9 Å². The van der Waals surface area contributed by atoms with Gasteiger partial charge < -0.3 is 14.4 Å². The average Bonchev–Trinajstić information content (AvgIpc) is 2.81. The summed E-state index contributed by atoms with van der Waals surface area (Å²) in [6, 6.07) is 19.1. The number of aryl methyl sites for hydroxylation is 1. The molecule has 0 spiro atoms. The van der Waals surface area contributed by atoms with Gasteiger partial charge in [-0.1, -0.05) is 29.8 Å². The van der Waals surface area contributed by atoms with Crippen molar-refractivity contribution in [2.24, 2.45) is 0 Å². The summed E-state index contributed by atoms with van der Waals surface area (Å²) in [7, 11) is 0. The molecule has 1 amide bonds. The molecule has 3 rings (SSSR count). The first kappa shape index (κ1) is 22.8. The number of amides is 1. The van der Waals surface area contributed by atoms with E-state index in [1.54, 1.807) is 48.5 Å². The number of hydrogen-bond acceptors (Lipinski definition) is 6. The minimum absolute atomic E-state index is 0.0748. The minimum Gasteiger partial charge on any atom is -0.452 e. The third-order valence-electron chi connectivity index (χ3n) is 4.48. The molecular formula is C24H20ClN3O4. The largest absolute Gasteiger partial charge is 0.452 e. The predicted octanol–water partition coefficient (Wildman–Crippen LogP) is 4.94. The standard InChI is InChI=1S/C24H20ClN3O4/c1-17-15-18(10-11-21(17)25)28(14-6-12-26)22(29)16-31-24(30)20-9-5-13-27-23(20)32-19-7-3-2-4-8-19/h2-5,7-11,13,15H,6,14,16H2,1H3. The second-order valence-corrected chi connectivity index (χ2v) is 7.14. The summed E-state index contributed by atoms with van der Waals surface area (Å²) < 4.78 is 10.9. The van der Waals surface area contributed by atoms with Crippen molar-refractivity contribution in [1.29, 1.82) is 5.26 Å². The highest BCUT2D eigenvalue weighted by atomic mass is 35.5. The Kier molecular flexibility index (Phi) is 7.79. The second kappa shape index (κ2) is 10.9. The fourth-order valence-electron chi connectivity index (χ4n) is 2.87. The van der Waals surface area contributed by atoms with Crippen LogP contribution in [0.4, 0.5) is 5.69 Å². The smallest absolute Gasteiger partial charge is 0.344 e. The maximum atomic E-state index is 12.8. The second-order valence-electron chi connectivity index (χ2n) is 6.73. The van der Waals surface area contributed by atoms with Crippen LogP contribution in [-0.4, -0.2) is 30.0 Å². The zero-order valence-corrected chi connectivity index (χ0v) is 18.1.